The average Bonchev–Trinajstić information content (AvgIpc) is 3.47. The number of unbranched alkanes of at least 4 members (excludes halogenated alkanes) is 27. The third kappa shape index (κ3) is 66.2. The molecule has 0 bridgehead atoms. The third-order valence-electron chi connectivity index (χ3n) is 14.1. The normalized spacial score (nSPS) is 13.0. The molecule has 0 aromatic heterocycles. The lowest BCUT2D eigenvalue weighted by atomic mass is 10.0. The van der Waals surface area contributed by atoms with Crippen LogP contribution in [-0.4, -0.2) is 37.2 Å². The zero-order chi connectivity index (χ0) is 58.5. The van der Waals surface area contributed by atoms with Crippen molar-refractivity contribution in [2.75, 3.05) is 13.2 Å². The Balaban J connectivity index is 4.42. The number of rotatable bonds is 60. The molecule has 0 saturated heterocycles. The molecule has 0 aromatic carbocycles. The quantitative estimate of drug-likeness (QED) is 0.0261. The van der Waals surface area contributed by atoms with Crippen molar-refractivity contribution in [3.63, 3.8) is 0 Å². The van der Waals surface area contributed by atoms with Crippen LogP contribution in [0.25, 0.3) is 0 Å². The van der Waals surface area contributed by atoms with Gasteiger partial charge in [-0.2, -0.15) is 0 Å². The van der Waals surface area contributed by atoms with E-state index in [0.717, 1.165) is 141 Å². The van der Waals surface area contributed by atoms with Crippen LogP contribution in [-0.2, 0) is 28.6 Å². The van der Waals surface area contributed by atoms with E-state index in [-0.39, 0.29) is 31.1 Å². The van der Waals surface area contributed by atoms with Crippen LogP contribution in [0.5, 0.6) is 0 Å². The molecular weight excluding hydrogens is 997 g/mol. The van der Waals surface area contributed by atoms with Gasteiger partial charge in [0.25, 0.3) is 0 Å². The maximum Gasteiger partial charge on any atom is 0.306 e. The van der Waals surface area contributed by atoms with Gasteiger partial charge in [-0.15, -0.1) is 0 Å². The van der Waals surface area contributed by atoms with Gasteiger partial charge in [0.05, 0.1) is 0 Å². The largest absolute Gasteiger partial charge is 0.462 e. The second kappa shape index (κ2) is 68.1. The standard InChI is InChI=1S/C75H124O6/c1-4-7-10-13-16-19-22-25-28-31-34-35-36-37-38-39-42-44-47-50-53-56-59-62-65-68-74(77)80-71-72(81-75(78)69-66-63-60-57-54-51-48-45-41-33-30-27-24-21-18-15-12-9-6-3)70-79-73(76)67-64-61-58-55-52-49-46-43-40-32-29-26-23-20-17-14-11-8-5-2/h7,9-10,12,16-21,25-30,34-35,40-41,43,45,72H,4-6,8,11,13-15,22-24,31-33,36-39,42,44,46-71H2,1-3H3/b10-7-,12-9-,19-16-,20-17-,21-18-,28-25-,29-26-,30-27-,35-34-,43-40-,45-41-. The molecule has 0 N–H and O–H groups in total. The molecule has 0 heterocycles. The molecule has 0 spiro atoms. The number of hydrogen-bond acceptors (Lipinski definition) is 6. The molecule has 0 aromatic rings. The van der Waals surface area contributed by atoms with Crippen molar-refractivity contribution < 1.29 is 28.6 Å². The van der Waals surface area contributed by atoms with Crippen LogP contribution in [0.3, 0.4) is 0 Å². The van der Waals surface area contributed by atoms with Crippen molar-refractivity contribution in [1.82, 2.24) is 0 Å². The smallest absolute Gasteiger partial charge is 0.306 e. The van der Waals surface area contributed by atoms with Gasteiger partial charge in [-0.25, -0.2) is 0 Å². The fourth-order valence-corrected chi connectivity index (χ4v) is 9.14. The number of carbonyl (C=O) groups is 3. The van der Waals surface area contributed by atoms with E-state index in [1.807, 2.05) is 0 Å². The molecule has 0 radical (unpaired) electrons. The summed E-state index contributed by atoms with van der Waals surface area (Å²) in [5, 5.41) is 0. The number of ether oxygens (including phenoxy) is 3. The Morgan fingerprint density at radius 3 is 0.753 bits per heavy atom. The number of hydrogen-bond donors (Lipinski definition) is 0. The minimum atomic E-state index is -0.799. The van der Waals surface area contributed by atoms with Gasteiger partial charge in [-0.1, -0.05) is 283 Å². The van der Waals surface area contributed by atoms with Gasteiger partial charge in [0, 0.05) is 19.3 Å². The Hall–Kier alpha value is -4.45. The van der Waals surface area contributed by atoms with Gasteiger partial charge >= 0.3 is 17.9 Å². The fourth-order valence-electron chi connectivity index (χ4n) is 9.14. The van der Waals surface area contributed by atoms with E-state index in [2.05, 4.69) is 154 Å². The minimum Gasteiger partial charge on any atom is -0.462 e. The van der Waals surface area contributed by atoms with E-state index in [1.54, 1.807) is 0 Å². The van der Waals surface area contributed by atoms with Gasteiger partial charge < -0.3 is 14.2 Å². The summed E-state index contributed by atoms with van der Waals surface area (Å²) in [4.78, 5) is 38.5. The van der Waals surface area contributed by atoms with Gasteiger partial charge in [0.2, 0.25) is 0 Å². The van der Waals surface area contributed by atoms with Gasteiger partial charge in [-0.3, -0.25) is 14.4 Å². The van der Waals surface area contributed by atoms with E-state index in [4.69, 9.17) is 14.2 Å². The summed E-state index contributed by atoms with van der Waals surface area (Å²) in [5.41, 5.74) is 0. The highest BCUT2D eigenvalue weighted by Gasteiger charge is 2.19. The Labute approximate surface area is 500 Å². The molecule has 0 amide bonds. The summed E-state index contributed by atoms with van der Waals surface area (Å²) in [5.74, 6) is -0.914. The van der Waals surface area contributed by atoms with Crippen LogP contribution in [0.4, 0.5) is 0 Å². The Bertz CT molecular complexity index is 1720. The summed E-state index contributed by atoms with van der Waals surface area (Å²) in [7, 11) is 0. The van der Waals surface area contributed by atoms with E-state index in [0.29, 0.717) is 19.3 Å². The van der Waals surface area contributed by atoms with Crippen LogP contribution < -0.4 is 0 Å². The Morgan fingerprint density at radius 2 is 0.481 bits per heavy atom. The molecule has 0 rings (SSSR count). The third-order valence-corrected chi connectivity index (χ3v) is 14.1. The summed E-state index contributed by atoms with van der Waals surface area (Å²) in [6.07, 6.45) is 96.0. The molecule has 460 valence electrons. The second-order valence-electron chi connectivity index (χ2n) is 22.0. The van der Waals surface area contributed by atoms with Crippen LogP contribution in [0.1, 0.15) is 303 Å². The van der Waals surface area contributed by atoms with Crippen molar-refractivity contribution in [1.29, 1.82) is 0 Å². The molecule has 1 atom stereocenters. The van der Waals surface area contributed by atoms with Gasteiger partial charge in [0.1, 0.15) is 13.2 Å². The van der Waals surface area contributed by atoms with Crippen LogP contribution in [0.15, 0.2) is 134 Å². The summed E-state index contributed by atoms with van der Waals surface area (Å²) in [6, 6.07) is 0. The van der Waals surface area contributed by atoms with Crippen molar-refractivity contribution in [3.05, 3.63) is 134 Å². The molecule has 0 aliphatic carbocycles. The first-order valence-corrected chi connectivity index (χ1v) is 33.7. The fraction of sp³-hybridized carbons (Fsp3) is 0.667. The average molecular weight is 1120 g/mol. The highest BCUT2D eigenvalue weighted by Crippen LogP contribution is 2.16. The highest BCUT2D eigenvalue weighted by molar-refractivity contribution is 5.71. The van der Waals surface area contributed by atoms with Crippen molar-refractivity contribution in [2.45, 2.75) is 309 Å². The molecular formula is C75H124O6. The zero-order valence-corrected chi connectivity index (χ0v) is 52.8. The number of allylic oxidation sites excluding steroid dienone is 22. The van der Waals surface area contributed by atoms with E-state index in [1.165, 1.54) is 122 Å². The van der Waals surface area contributed by atoms with Crippen molar-refractivity contribution in [3.8, 4) is 0 Å². The maximum absolute atomic E-state index is 12.9. The molecule has 0 fully saturated rings. The van der Waals surface area contributed by atoms with E-state index >= 15 is 0 Å². The second-order valence-corrected chi connectivity index (χ2v) is 22.0. The van der Waals surface area contributed by atoms with Gasteiger partial charge in [-0.05, 0) is 135 Å². The zero-order valence-electron chi connectivity index (χ0n) is 52.8. The predicted octanol–water partition coefficient (Wildman–Crippen LogP) is 23.3. The monoisotopic (exact) mass is 1120 g/mol. The molecule has 0 aliphatic rings. The SMILES string of the molecule is CC/C=C\C/C=C\C/C=C\C/C=C\CCCCCCCCCCCCCCC(=O)OCC(COC(=O)CCCCCCCC/C=C\C/C=C\C/C=C\CCCCC)OC(=O)CCCCCCCC/C=C\C/C=C\C/C=C\C/C=C\CC. The lowest BCUT2D eigenvalue weighted by Gasteiger charge is -2.18. The van der Waals surface area contributed by atoms with Crippen molar-refractivity contribution >= 4 is 17.9 Å². The maximum atomic E-state index is 12.9. The molecule has 0 saturated carbocycles. The lowest BCUT2D eigenvalue weighted by molar-refractivity contribution is -0.167. The predicted molar refractivity (Wildman–Crippen MR) is 353 cm³/mol. The number of esters is 3. The van der Waals surface area contributed by atoms with E-state index in [9.17, 15) is 14.4 Å². The van der Waals surface area contributed by atoms with Crippen LogP contribution in [0.2, 0.25) is 0 Å². The number of carbonyl (C=O) groups excluding carboxylic acids is 3. The summed E-state index contributed by atoms with van der Waals surface area (Å²) < 4.78 is 17.0. The topological polar surface area (TPSA) is 78.9 Å². The summed E-state index contributed by atoms with van der Waals surface area (Å²) >= 11 is 0. The first-order valence-electron chi connectivity index (χ1n) is 33.7. The minimum absolute atomic E-state index is 0.0921. The molecule has 81 heavy (non-hydrogen) atoms. The Kier molecular flexibility index (Phi) is 64.3. The summed E-state index contributed by atoms with van der Waals surface area (Å²) in [6.45, 7) is 6.38. The first kappa shape index (κ1) is 76.5. The molecule has 6 heteroatoms. The van der Waals surface area contributed by atoms with Crippen LogP contribution in [0, 0.1) is 0 Å². The van der Waals surface area contributed by atoms with E-state index < -0.39 is 6.10 Å². The lowest BCUT2D eigenvalue weighted by Crippen LogP contribution is -2.30. The highest BCUT2D eigenvalue weighted by atomic mass is 16.6. The molecule has 6 nitrogen and oxygen atoms in total. The molecule has 0 aliphatic heterocycles. The van der Waals surface area contributed by atoms with Crippen LogP contribution >= 0.6 is 0 Å². The first-order chi connectivity index (χ1) is 40.0. The van der Waals surface area contributed by atoms with Crippen molar-refractivity contribution in [2.24, 2.45) is 0 Å². The van der Waals surface area contributed by atoms with Gasteiger partial charge in [0.15, 0.2) is 6.10 Å². The Morgan fingerprint density at radius 1 is 0.259 bits per heavy atom. The molecule has 1 unspecified atom stereocenters.